The van der Waals surface area contributed by atoms with Crippen LogP contribution in [0.15, 0.2) is 36.1 Å². The van der Waals surface area contributed by atoms with E-state index in [0.717, 1.165) is 18.2 Å². The van der Waals surface area contributed by atoms with E-state index in [0.29, 0.717) is 0 Å². The lowest BCUT2D eigenvalue weighted by atomic mass is 9.98. The number of aromatic hydroxyl groups is 3. The number of aliphatic hydroxyl groups excluding tert-OH is 10. The highest BCUT2D eigenvalue weighted by molar-refractivity contribution is 5.70. The summed E-state index contributed by atoms with van der Waals surface area (Å²) in [4.78, 5) is 0. The van der Waals surface area contributed by atoms with Crippen LogP contribution in [0.1, 0.15) is 24.2 Å². The van der Waals surface area contributed by atoms with E-state index < -0.39 is 129 Å². The highest BCUT2D eigenvalue weighted by atomic mass is 16.7. The van der Waals surface area contributed by atoms with Crippen molar-refractivity contribution in [3.63, 3.8) is 0 Å². The summed E-state index contributed by atoms with van der Waals surface area (Å²) in [6, 6.07) is 5.98. The van der Waals surface area contributed by atoms with Gasteiger partial charge in [-0.05, 0) is 25.1 Å². The highest BCUT2D eigenvalue weighted by Crippen LogP contribution is 2.46. The van der Waals surface area contributed by atoms with Gasteiger partial charge < -0.3 is 99.5 Å². The smallest absolute Gasteiger partial charge is 0.229 e. The molecule has 0 aromatic heterocycles. The summed E-state index contributed by atoms with van der Waals surface area (Å²) < 4.78 is 39.8. The number of rotatable bonds is 9. The molecule has 13 N–H and O–H groups in total. The van der Waals surface area contributed by atoms with Crippen molar-refractivity contribution in [3.05, 3.63) is 47.2 Å². The number of benzene rings is 2. The molecule has 6 rings (SSSR count). The summed E-state index contributed by atoms with van der Waals surface area (Å²) in [5.74, 6) is -1.94. The number of phenols is 3. The van der Waals surface area contributed by atoms with Crippen LogP contribution in [-0.4, -0.2) is 172 Å². The first-order chi connectivity index (χ1) is 25.1. The lowest BCUT2D eigenvalue weighted by Crippen LogP contribution is -2.61. The minimum Gasteiger partial charge on any atom is -0.507 e. The second kappa shape index (κ2) is 15.6. The summed E-state index contributed by atoms with van der Waals surface area (Å²) >= 11 is 0. The fraction of sp³-hybridized carbons (Fsp3) is 0.576. The molecule has 16 atom stereocenters. The van der Waals surface area contributed by atoms with Crippen LogP contribution in [0.5, 0.6) is 28.7 Å². The third kappa shape index (κ3) is 7.70. The highest BCUT2D eigenvalue weighted by Gasteiger charge is 2.49. The number of hydrogen-bond donors (Lipinski definition) is 13. The van der Waals surface area contributed by atoms with Gasteiger partial charge in [-0.3, -0.25) is 0 Å². The second-order valence-corrected chi connectivity index (χ2v) is 13.1. The average molecular weight is 759 g/mol. The van der Waals surface area contributed by atoms with Gasteiger partial charge in [0.05, 0.1) is 24.9 Å². The monoisotopic (exact) mass is 758 g/mol. The predicted molar refractivity (Wildman–Crippen MR) is 170 cm³/mol. The molecule has 1 unspecified atom stereocenters. The lowest BCUT2D eigenvalue weighted by molar-refractivity contribution is -0.324. The molecule has 0 aliphatic carbocycles. The van der Waals surface area contributed by atoms with Crippen molar-refractivity contribution in [2.75, 3.05) is 13.2 Å². The molecule has 3 fully saturated rings. The summed E-state index contributed by atoms with van der Waals surface area (Å²) in [6.07, 6.45) is -24.0. The van der Waals surface area contributed by atoms with Gasteiger partial charge in [0, 0.05) is 17.7 Å². The molecule has 0 amide bonds. The minimum absolute atomic E-state index is 0.0236. The van der Waals surface area contributed by atoms with Crippen molar-refractivity contribution in [3.8, 4) is 28.7 Å². The van der Waals surface area contributed by atoms with Gasteiger partial charge in [0.25, 0.3) is 0 Å². The van der Waals surface area contributed by atoms with E-state index in [4.69, 9.17) is 33.2 Å². The van der Waals surface area contributed by atoms with Crippen LogP contribution < -0.4 is 9.47 Å². The largest absolute Gasteiger partial charge is 0.507 e. The normalized spacial score (nSPS) is 40.1. The number of aliphatic hydroxyl groups is 10. The second-order valence-electron chi connectivity index (χ2n) is 13.1. The van der Waals surface area contributed by atoms with Crippen LogP contribution in [0, 0.1) is 0 Å². The van der Waals surface area contributed by atoms with Crippen molar-refractivity contribution in [1.29, 1.82) is 0 Å². The maximum atomic E-state index is 11.0. The van der Waals surface area contributed by atoms with Gasteiger partial charge >= 0.3 is 0 Å². The zero-order valence-electron chi connectivity index (χ0n) is 27.8. The molecule has 4 heterocycles. The van der Waals surface area contributed by atoms with Gasteiger partial charge in [0.15, 0.2) is 23.9 Å². The van der Waals surface area contributed by atoms with Crippen molar-refractivity contribution in [2.45, 2.75) is 105 Å². The Bertz CT molecular complexity index is 1620. The molecule has 0 radical (unpaired) electrons. The topological polar surface area (TPSA) is 328 Å². The molecule has 0 saturated carbocycles. The van der Waals surface area contributed by atoms with Crippen molar-refractivity contribution in [1.82, 2.24) is 0 Å². The van der Waals surface area contributed by atoms with Crippen LogP contribution >= 0.6 is 0 Å². The van der Waals surface area contributed by atoms with Crippen molar-refractivity contribution < 1.29 is 99.5 Å². The van der Waals surface area contributed by atoms with Crippen LogP contribution in [0.3, 0.4) is 0 Å². The minimum atomic E-state index is -1.89. The number of ether oxygens (including phenoxy) is 7. The molecular weight excluding hydrogens is 716 g/mol. The lowest BCUT2D eigenvalue weighted by Gasteiger charge is -2.43. The van der Waals surface area contributed by atoms with Crippen molar-refractivity contribution >= 4 is 6.08 Å². The molecule has 2 aromatic rings. The summed E-state index contributed by atoms with van der Waals surface area (Å²) in [5, 5.41) is 134. The molecule has 20 nitrogen and oxygen atoms in total. The Hall–Kier alpha value is -3.58. The summed E-state index contributed by atoms with van der Waals surface area (Å²) in [5.41, 5.74) is 0.130. The maximum Gasteiger partial charge on any atom is 0.229 e. The Labute approximate surface area is 300 Å². The molecule has 20 heteroatoms. The standard InChI is InChI=1S/C33H42O20/c1-10-21(38)24(41)27(44)31(48-10)47-9-20-23(40)26(43)29(46)33(53-20)51-18-7-13-15(36)5-12(49-32-28(45)25(42)22(39)19(8-34)52-32)6-17(13)50-30(18)11-2-3-14(35)16(37)4-11/h2-7,10,19-46H,8-9H2,1H3/t10-,19+,20+,21-,22+,23+,24+,25-,26-,27-,28+,29+,30?,31+,32+,33+/m0/s1. The van der Waals surface area contributed by atoms with E-state index in [1.165, 1.54) is 25.1 Å². The Morgan fingerprint density at radius 3 is 1.87 bits per heavy atom. The molecule has 53 heavy (non-hydrogen) atoms. The molecule has 3 saturated heterocycles. The van der Waals surface area contributed by atoms with E-state index in [1.807, 2.05) is 0 Å². The number of hydrogen-bond acceptors (Lipinski definition) is 20. The van der Waals surface area contributed by atoms with Gasteiger partial charge in [-0.2, -0.15) is 0 Å². The van der Waals surface area contributed by atoms with Gasteiger partial charge in [-0.25, -0.2) is 0 Å². The molecule has 0 spiro atoms. The Morgan fingerprint density at radius 2 is 1.21 bits per heavy atom. The summed E-state index contributed by atoms with van der Waals surface area (Å²) in [6.45, 7) is 0.141. The predicted octanol–water partition coefficient (Wildman–Crippen LogP) is -3.87. The van der Waals surface area contributed by atoms with Crippen LogP contribution in [0.2, 0.25) is 0 Å². The van der Waals surface area contributed by atoms with E-state index in [-0.39, 0.29) is 28.4 Å². The van der Waals surface area contributed by atoms with E-state index in [9.17, 15) is 66.4 Å². The Balaban J connectivity index is 1.26. The van der Waals surface area contributed by atoms with E-state index >= 15 is 0 Å². The third-order valence-electron chi connectivity index (χ3n) is 9.44. The van der Waals surface area contributed by atoms with Crippen LogP contribution in [0.25, 0.3) is 6.08 Å². The molecule has 4 aliphatic rings. The summed E-state index contributed by atoms with van der Waals surface area (Å²) in [7, 11) is 0. The maximum absolute atomic E-state index is 11.0. The SMILES string of the molecule is C[C@@H]1O[C@@H](OC[C@H]2O[C@@H](OC3=Cc4c(O)cc(O[C@@H]5O[C@H](CO)[C@@H](O)[C@H](O)[C@H]5O)cc4OC3c3ccc(O)c(O)c3)[C@H](O)[C@@H](O)[C@@H]2O)[C@@H](O)[C@H](O)[C@H]1O. The Morgan fingerprint density at radius 1 is 0.604 bits per heavy atom. The van der Waals surface area contributed by atoms with E-state index in [1.54, 1.807) is 0 Å². The number of phenolic OH excluding ortho intramolecular Hbond substituents is 3. The van der Waals surface area contributed by atoms with Crippen LogP contribution in [0.4, 0.5) is 0 Å². The molecule has 0 bridgehead atoms. The fourth-order valence-electron chi connectivity index (χ4n) is 6.26. The zero-order chi connectivity index (χ0) is 38.5. The first-order valence-electron chi connectivity index (χ1n) is 16.5. The van der Waals surface area contributed by atoms with Crippen LogP contribution in [-0.2, 0) is 23.7 Å². The number of fused-ring (bicyclic) bond motifs is 1. The first-order valence-corrected chi connectivity index (χ1v) is 16.5. The fourth-order valence-corrected chi connectivity index (χ4v) is 6.26. The van der Waals surface area contributed by atoms with E-state index in [2.05, 4.69) is 0 Å². The molecule has 4 aliphatic heterocycles. The van der Waals surface area contributed by atoms with Gasteiger partial charge in [-0.1, -0.05) is 6.07 Å². The van der Waals surface area contributed by atoms with Gasteiger partial charge in [0.1, 0.15) is 90.2 Å². The quantitative estimate of drug-likeness (QED) is 0.109. The van der Waals surface area contributed by atoms with Gasteiger partial charge in [0.2, 0.25) is 12.6 Å². The molecule has 2 aromatic carbocycles. The van der Waals surface area contributed by atoms with Gasteiger partial charge in [-0.15, -0.1) is 0 Å². The third-order valence-corrected chi connectivity index (χ3v) is 9.44. The molecular formula is C33H42O20. The Kier molecular flexibility index (Phi) is 11.5. The average Bonchev–Trinajstić information content (AvgIpc) is 3.13. The zero-order valence-corrected chi connectivity index (χ0v) is 27.8. The first kappa shape index (κ1) is 39.1. The van der Waals surface area contributed by atoms with Crippen molar-refractivity contribution in [2.24, 2.45) is 0 Å². The molecule has 294 valence electrons.